The molecule has 0 aliphatic heterocycles. The Kier molecular flexibility index (Phi) is 4.08. The molecule has 0 atom stereocenters. The highest BCUT2D eigenvalue weighted by molar-refractivity contribution is 7.92. The molecule has 3 aromatic rings. The maximum atomic E-state index is 12.4. The zero-order valence-electron chi connectivity index (χ0n) is 12.6. The third-order valence-corrected chi connectivity index (χ3v) is 6.35. The van der Waals surface area contributed by atoms with E-state index in [1.165, 1.54) is 31.3 Å². The van der Waals surface area contributed by atoms with Gasteiger partial charge in [-0.15, -0.1) is 0 Å². The van der Waals surface area contributed by atoms with Crippen molar-refractivity contribution >= 4 is 36.6 Å². The molecule has 126 valence electrons. The van der Waals surface area contributed by atoms with Crippen LogP contribution in [0, 0.1) is 0 Å². The van der Waals surface area contributed by atoms with Crippen LogP contribution < -0.4 is 9.44 Å². The van der Waals surface area contributed by atoms with Crippen LogP contribution in [0.4, 0.5) is 5.69 Å². The summed E-state index contributed by atoms with van der Waals surface area (Å²) in [5, 5.41) is 0.880. The van der Waals surface area contributed by atoms with Crippen molar-refractivity contribution in [2.45, 2.75) is 9.79 Å². The van der Waals surface area contributed by atoms with E-state index in [1.54, 1.807) is 24.4 Å². The molecule has 0 bridgehead atoms. The van der Waals surface area contributed by atoms with Gasteiger partial charge in [0.05, 0.1) is 9.79 Å². The summed E-state index contributed by atoms with van der Waals surface area (Å²) >= 11 is 0. The third kappa shape index (κ3) is 3.14. The van der Waals surface area contributed by atoms with Crippen LogP contribution in [0.15, 0.2) is 64.5 Å². The monoisotopic (exact) mass is 365 g/mol. The maximum absolute atomic E-state index is 12.4. The summed E-state index contributed by atoms with van der Waals surface area (Å²) in [6.07, 6.45) is 1.77. The van der Waals surface area contributed by atoms with E-state index < -0.39 is 20.0 Å². The zero-order chi connectivity index (χ0) is 17.4. The minimum atomic E-state index is -3.81. The number of nitrogens with one attached hydrogen (secondary N) is 3. The zero-order valence-corrected chi connectivity index (χ0v) is 14.3. The van der Waals surface area contributed by atoms with Crippen molar-refractivity contribution < 1.29 is 16.8 Å². The Bertz CT molecular complexity index is 1090. The quantitative estimate of drug-likeness (QED) is 0.641. The lowest BCUT2D eigenvalue weighted by atomic mass is 10.2. The Morgan fingerprint density at radius 3 is 2.08 bits per heavy atom. The summed E-state index contributed by atoms with van der Waals surface area (Å²) in [5.41, 5.74) is 1.33. The lowest BCUT2D eigenvalue weighted by Crippen LogP contribution is -2.19. The largest absolute Gasteiger partial charge is 0.361 e. The smallest absolute Gasteiger partial charge is 0.261 e. The van der Waals surface area contributed by atoms with Gasteiger partial charge in [-0.25, -0.2) is 21.6 Å². The molecule has 0 saturated carbocycles. The van der Waals surface area contributed by atoms with Crippen molar-refractivity contribution in [1.82, 2.24) is 9.71 Å². The van der Waals surface area contributed by atoms with Gasteiger partial charge in [0.2, 0.25) is 10.0 Å². The van der Waals surface area contributed by atoms with Gasteiger partial charge in [0, 0.05) is 22.8 Å². The summed E-state index contributed by atoms with van der Waals surface area (Å²) in [7, 11) is -6.13. The van der Waals surface area contributed by atoms with Gasteiger partial charge >= 0.3 is 0 Å². The molecule has 3 rings (SSSR count). The first kappa shape index (κ1) is 16.5. The van der Waals surface area contributed by atoms with Gasteiger partial charge in [0.15, 0.2) is 0 Å². The van der Waals surface area contributed by atoms with Crippen LogP contribution in [-0.2, 0) is 20.0 Å². The Morgan fingerprint density at radius 1 is 0.833 bits per heavy atom. The lowest BCUT2D eigenvalue weighted by Gasteiger charge is -2.09. The van der Waals surface area contributed by atoms with E-state index in [0.717, 1.165) is 10.9 Å². The van der Waals surface area contributed by atoms with Crippen molar-refractivity contribution in [3.8, 4) is 0 Å². The summed E-state index contributed by atoms with van der Waals surface area (Å²) < 4.78 is 52.8. The molecule has 0 aliphatic rings. The molecule has 2 aromatic carbocycles. The predicted octanol–water partition coefficient (Wildman–Crippen LogP) is 1.88. The number of sulfonamides is 2. The van der Waals surface area contributed by atoms with Crippen molar-refractivity contribution in [2.75, 3.05) is 11.8 Å². The van der Waals surface area contributed by atoms with Crippen LogP contribution in [0.1, 0.15) is 0 Å². The molecule has 1 aromatic heterocycles. The summed E-state index contributed by atoms with van der Waals surface area (Å²) in [5.74, 6) is 0. The molecular weight excluding hydrogens is 350 g/mol. The number of H-pyrrole nitrogens is 1. The molecule has 0 unspecified atom stereocenters. The topological polar surface area (TPSA) is 108 Å². The van der Waals surface area contributed by atoms with E-state index in [-0.39, 0.29) is 9.79 Å². The molecule has 3 N–H and O–H groups in total. The first-order valence-electron chi connectivity index (χ1n) is 6.95. The minimum Gasteiger partial charge on any atom is -0.361 e. The second-order valence-electron chi connectivity index (χ2n) is 5.06. The minimum absolute atomic E-state index is 0.00214. The van der Waals surface area contributed by atoms with Crippen molar-refractivity contribution in [3.05, 3.63) is 54.7 Å². The highest BCUT2D eigenvalue weighted by Gasteiger charge is 2.17. The van der Waals surface area contributed by atoms with Crippen molar-refractivity contribution in [1.29, 1.82) is 0 Å². The van der Waals surface area contributed by atoms with E-state index in [1.807, 2.05) is 6.07 Å². The second kappa shape index (κ2) is 5.93. The number of hydrogen-bond donors (Lipinski definition) is 3. The van der Waals surface area contributed by atoms with Crippen LogP contribution in [0.3, 0.4) is 0 Å². The van der Waals surface area contributed by atoms with E-state index in [9.17, 15) is 16.8 Å². The van der Waals surface area contributed by atoms with Gasteiger partial charge in [-0.3, -0.25) is 4.72 Å². The molecule has 0 fully saturated rings. The molecule has 0 saturated heterocycles. The van der Waals surface area contributed by atoms with Crippen LogP contribution in [0.2, 0.25) is 0 Å². The Labute approximate surface area is 139 Å². The predicted molar refractivity (Wildman–Crippen MR) is 91.8 cm³/mol. The number of rotatable bonds is 5. The molecule has 24 heavy (non-hydrogen) atoms. The fraction of sp³-hybridized carbons (Fsp3) is 0.0667. The van der Waals surface area contributed by atoms with Gasteiger partial charge < -0.3 is 4.98 Å². The molecule has 0 amide bonds. The Hall–Kier alpha value is -2.36. The molecule has 0 aliphatic carbocycles. The number of fused-ring (bicyclic) bond motifs is 1. The maximum Gasteiger partial charge on any atom is 0.261 e. The standard InChI is InChI=1S/C15H15N3O4S2/c1-16-23(19,20)13-3-5-14(6-4-13)24(21,22)18-12-2-7-15-11(10-12)8-9-17-15/h2-10,16-18H,1H3. The number of benzene rings is 2. The Morgan fingerprint density at radius 2 is 1.46 bits per heavy atom. The summed E-state index contributed by atoms with van der Waals surface area (Å²) in [6.45, 7) is 0. The number of hydrogen-bond acceptors (Lipinski definition) is 4. The van der Waals surface area contributed by atoms with Crippen LogP contribution in [-0.4, -0.2) is 28.9 Å². The fourth-order valence-corrected chi connectivity index (χ4v) is 4.03. The molecule has 0 spiro atoms. The first-order chi connectivity index (χ1) is 11.3. The van der Waals surface area contributed by atoms with E-state index in [4.69, 9.17) is 0 Å². The fourth-order valence-electron chi connectivity index (χ4n) is 2.25. The normalized spacial score (nSPS) is 12.4. The number of anilines is 1. The Balaban J connectivity index is 1.89. The highest BCUT2D eigenvalue weighted by Crippen LogP contribution is 2.22. The van der Waals surface area contributed by atoms with Crippen molar-refractivity contribution in [2.24, 2.45) is 0 Å². The number of aromatic nitrogens is 1. The lowest BCUT2D eigenvalue weighted by molar-refractivity contribution is 0.587. The molecular formula is C15H15N3O4S2. The summed E-state index contributed by atoms with van der Waals surface area (Å²) in [4.78, 5) is 3.00. The van der Waals surface area contributed by atoms with Crippen LogP contribution in [0.25, 0.3) is 10.9 Å². The first-order valence-corrected chi connectivity index (χ1v) is 9.92. The van der Waals surface area contributed by atoms with Gasteiger partial charge in [0.1, 0.15) is 0 Å². The van der Waals surface area contributed by atoms with Crippen LogP contribution >= 0.6 is 0 Å². The molecule has 1 heterocycles. The van der Waals surface area contributed by atoms with Gasteiger partial charge in [-0.05, 0) is 55.6 Å². The highest BCUT2D eigenvalue weighted by atomic mass is 32.2. The average molecular weight is 365 g/mol. The van der Waals surface area contributed by atoms with Crippen molar-refractivity contribution in [3.63, 3.8) is 0 Å². The van der Waals surface area contributed by atoms with Gasteiger partial charge in [-0.1, -0.05) is 0 Å². The molecule has 9 heteroatoms. The SMILES string of the molecule is CNS(=O)(=O)c1ccc(S(=O)(=O)Nc2ccc3[nH]ccc3c2)cc1. The third-order valence-electron chi connectivity index (χ3n) is 3.52. The molecule has 7 nitrogen and oxygen atoms in total. The summed E-state index contributed by atoms with van der Waals surface area (Å²) in [6, 6.07) is 12.0. The molecule has 0 radical (unpaired) electrons. The van der Waals surface area contributed by atoms with E-state index in [2.05, 4.69) is 14.4 Å². The average Bonchev–Trinajstić information content (AvgIpc) is 3.02. The second-order valence-corrected chi connectivity index (χ2v) is 8.63. The van der Waals surface area contributed by atoms with Gasteiger partial charge in [-0.2, -0.15) is 0 Å². The van der Waals surface area contributed by atoms with Crippen LogP contribution in [0.5, 0.6) is 0 Å². The number of aromatic amines is 1. The van der Waals surface area contributed by atoms with E-state index >= 15 is 0 Å². The van der Waals surface area contributed by atoms with E-state index in [0.29, 0.717) is 5.69 Å². The van der Waals surface area contributed by atoms with Gasteiger partial charge in [0.25, 0.3) is 10.0 Å².